The maximum atomic E-state index is 12.1. The Labute approximate surface area is 124 Å². The molecule has 0 atom stereocenters. The van der Waals surface area contributed by atoms with Crippen molar-refractivity contribution in [3.8, 4) is 5.82 Å². The molecule has 3 aromatic heterocycles. The number of rotatable bonds is 4. The minimum atomic E-state index is -0.376. The van der Waals surface area contributed by atoms with Crippen LogP contribution in [0, 0.1) is 0 Å². The summed E-state index contributed by atoms with van der Waals surface area (Å²) >= 11 is 0. The number of nitrogens with zero attached hydrogens (tertiary/aromatic N) is 6. The molecule has 110 valence electrons. The Morgan fingerprint density at radius 3 is 2.95 bits per heavy atom. The highest BCUT2D eigenvalue weighted by molar-refractivity contribution is 6.02. The quantitative estimate of drug-likeness (QED) is 0.769. The molecule has 9 heteroatoms. The maximum Gasteiger partial charge on any atom is 0.279 e. The van der Waals surface area contributed by atoms with Crippen molar-refractivity contribution in [2.24, 2.45) is 0 Å². The van der Waals surface area contributed by atoms with E-state index in [0.29, 0.717) is 17.6 Å². The topological polar surface area (TPSA) is 112 Å². The molecule has 0 spiro atoms. The third-order valence-electron chi connectivity index (χ3n) is 3.29. The van der Waals surface area contributed by atoms with Gasteiger partial charge in [0.25, 0.3) is 5.91 Å². The predicted octanol–water partition coefficient (Wildman–Crippen LogP) is 1.17. The van der Waals surface area contributed by atoms with Crippen LogP contribution in [0.25, 0.3) is 5.82 Å². The highest BCUT2D eigenvalue weighted by Gasteiger charge is 2.28. The lowest BCUT2D eigenvalue weighted by molar-refractivity contribution is 0.101. The summed E-state index contributed by atoms with van der Waals surface area (Å²) in [5.74, 6) is 1.64. The van der Waals surface area contributed by atoms with Crippen LogP contribution in [0.1, 0.15) is 35.0 Å². The zero-order chi connectivity index (χ0) is 14.9. The number of carbonyl (C=O) groups is 1. The first-order valence-corrected chi connectivity index (χ1v) is 6.74. The number of nitrogens with one attached hydrogen (secondary N) is 1. The molecular formula is C13H11N7O2. The monoisotopic (exact) mass is 297 g/mol. The molecule has 1 N–H and O–H groups in total. The van der Waals surface area contributed by atoms with E-state index in [9.17, 15) is 4.79 Å². The number of carbonyl (C=O) groups excluding carboxylic acids is 1. The predicted molar refractivity (Wildman–Crippen MR) is 73.4 cm³/mol. The Balaban J connectivity index is 1.52. The smallest absolute Gasteiger partial charge is 0.279 e. The molecule has 3 heterocycles. The molecule has 22 heavy (non-hydrogen) atoms. The van der Waals surface area contributed by atoms with E-state index in [4.69, 9.17) is 4.52 Å². The van der Waals surface area contributed by atoms with E-state index in [2.05, 4.69) is 30.5 Å². The van der Waals surface area contributed by atoms with E-state index in [-0.39, 0.29) is 11.6 Å². The first-order chi connectivity index (χ1) is 10.8. The van der Waals surface area contributed by atoms with Gasteiger partial charge in [0, 0.05) is 18.1 Å². The van der Waals surface area contributed by atoms with Gasteiger partial charge in [-0.3, -0.25) is 4.79 Å². The first-order valence-electron chi connectivity index (χ1n) is 6.74. The second-order valence-corrected chi connectivity index (χ2v) is 4.94. The van der Waals surface area contributed by atoms with Gasteiger partial charge in [-0.05, 0) is 12.8 Å². The van der Waals surface area contributed by atoms with E-state index in [0.717, 1.165) is 18.6 Å². The standard InChI is InChI=1S/C13H11N7O2/c21-13(9-3-10(22-19-9)8-1-2-8)18-11-4-12(16-6-15-11)20-7-14-5-17-20/h3-8H,1-2H2,(H,15,16,18,21). The van der Waals surface area contributed by atoms with Crippen LogP contribution in [0.5, 0.6) is 0 Å². The molecule has 0 radical (unpaired) electrons. The normalized spacial score (nSPS) is 14.0. The molecule has 0 unspecified atom stereocenters. The summed E-state index contributed by atoms with van der Waals surface area (Å²) in [6, 6.07) is 3.26. The Kier molecular flexibility index (Phi) is 2.88. The zero-order valence-electron chi connectivity index (χ0n) is 11.4. The van der Waals surface area contributed by atoms with Crippen molar-refractivity contribution in [1.29, 1.82) is 0 Å². The molecule has 0 bridgehead atoms. The van der Waals surface area contributed by atoms with Crippen LogP contribution >= 0.6 is 0 Å². The van der Waals surface area contributed by atoms with E-state index in [1.807, 2.05) is 0 Å². The van der Waals surface area contributed by atoms with Gasteiger partial charge in [0.15, 0.2) is 11.5 Å². The van der Waals surface area contributed by atoms with Crippen molar-refractivity contribution in [2.45, 2.75) is 18.8 Å². The van der Waals surface area contributed by atoms with Crippen molar-refractivity contribution < 1.29 is 9.32 Å². The van der Waals surface area contributed by atoms with Gasteiger partial charge >= 0.3 is 0 Å². The van der Waals surface area contributed by atoms with E-state index < -0.39 is 0 Å². The molecule has 1 amide bonds. The van der Waals surface area contributed by atoms with Gasteiger partial charge in [-0.25, -0.2) is 19.6 Å². The van der Waals surface area contributed by atoms with Crippen LogP contribution in [0.2, 0.25) is 0 Å². The fraction of sp³-hybridized carbons (Fsp3) is 0.231. The highest BCUT2D eigenvalue weighted by atomic mass is 16.5. The Bertz CT molecular complexity index is 807. The number of hydrogen-bond donors (Lipinski definition) is 1. The lowest BCUT2D eigenvalue weighted by Gasteiger charge is -2.03. The molecule has 1 fully saturated rings. The fourth-order valence-corrected chi connectivity index (χ4v) is 2.00. The minimum Gasteiger partial charge on any atom is -0.360 e. The minimum absolute atomic E-state index is 0.239. The molecular weight excluding hydrogens is 286 g/mol. The molecule has 9 nitrogen and oxygen atoms in total. The average Bonchev–Trinajstić information content (AvgIpc) is 3.06. The second-order valence-electron chi connectivity index (χ2n) is 4.94. The molecule has 1 aliphatic carbocycles. The summed E-state index contributed by atoms with van der Waals surface area (Å²) < 4.78 is 6.63. The van der Waals surface area contributed by atoms with E-state index in [1.165, 1.54) is 23.7 Å². The lowest BCUT2D eigenvalue weighted by Crippen LogP contribution is -2.14. The Morgan fingerprint density at radius 2 is 2.18 bits per heavy atom. The van der Waals surface area contributed by atoms with Crippen molar-refractivity contribution in [2.75, 3.05) is 5.32 Å². The van der Waals surface area contributed by atoms with Gasteiger partial charge in [-0.1, -0.05) is 5.16 Å². The van der Waals surface area contributed by atoms with Crippen LogP contribution in [0.4, 0.5) is 5.82 Å². The Morgan fingerprint density at radius 1 is 1.27 bits per heavy atom. The molecule has 3 aromatic rings. The van der Waals surface area contributed by atoms with E-state index >= 15 is 0 Å². The van der Waals surface area contributed by atoms with Gasteiger partial charge in [0.05, 0.1) is 0 Å². The molecule has 4 rings (SSSR count). The number of anilines is 1. The van der Waals surface area contributed by atoms with Crippen molar-refractivity contribution in [3.05, 3.63) is 42.6 Å². The lowest BCUT2D eigenvalue weighted by atomic mass is 10.3. The van der Waals surface area contributed by atoms with Gasteiger partial charge < -0.3 is 9.84 Å². The van der Waals surface area contributed by atoms with Crippen molar-refractivity contribution >= 4 is 11.7 Å². The van der Waals surface area contributed by atoms with Gasteiger partial charge in [0.2, 0.25) is 0 Å². The molecule has 1 aliphatic rings. The zero-order valence-corrected chi connectivity index (χ0v) is 11.4. The van der Waals surface area contributed by atoms with Crippen molar-refractivity contribution in [1.82, 2.24) is 29.9 Å². The van der Waals surface area contributed by atoms with E-state index in [1.54, 1.807) is 12.1 Å². The maximum absolute atomic E-state index is 12.1. The summed E-state index contributed by atoms with van der Waals surface area (Å²) in [5, 5.41) is 10.4. The highest BCUT2D eigenvalue weighted by Crippen LogP contribution is 2.40. The summed E-state index contributed by atoms with van der Waals surface area (Å²) in [6.07, 6.45) is 6.42. The third-order valence-corrected chi connectivity index (χ3v) is 3.29. The molecule has 1 saturated carbocycles. The average molecular weight is 297 g/mol. The van der Waals surface area contributed by atoms with Crippen LogP contribution in [0.15, 0.2) is 35.6 Å². The first kappa shape index (κ1) is 12.6. The Hall–Kier alpha value is -3.10. The number of amides is 1. The number of aromatic nitrogens is 6. The summed E-state index contributed by atoms with van der Waals surface area (Å²) in [4.78, 5) is 24.1. The van der Waals surface area contributed by atoms with Crippen LogP contribution in [-0.4, -0.2) is 35.8 Å². The summed E-state index contributed by atoms with van der Waals surface area (Å²) in [7, 11) is 0. The van der Waals surface area contributed by atoms with Crippen molar-refractivity contribution in [3.63, 3.8) is 0 Å². The number of hydrogen-bond acceptors (Lipinski definition) is 7. The van der Waals surface area contributed by atoms with Gasteiger partial charge in [0.1, 0.15) is 30.6 Å². The second kappa shape index (κ2) is 5.02. The van der Waals surface area contributed by atoms with Crippen LogP contribution in [0.3, 0.4) is 0 Å². The SMILES string of the molecule is O=C(Nc1cc(-n2cncn2)ncn1)c1cc(C2CC2)on1. The van der Waals surface area contributed by atoms with Gasteiger partial charge in [-0.2, -0.15) is 5.10 Å². The molecule has 0 saturated heterocycles. The molecule has 0 aromatic carbocycles. The third kappa shape index (κ3) is 2.43. The summed E-state index contributed by atoms with van der Waals surface area (Å²) in [6.45, 7) is 0. The fourth-order valence-electron chi connectivity index (χ4n) is 2.00. The van der Waals surface area contributed by atoms with Crippen LogP contribution in [-0.2, 0) is 0 Å². The largest absolute Gasteiger partial charge is 0.360 e. The summed E-state index contributed by atoms with van der Waals surface area (Å²) in [5.41, 5.74) is 0.239. The van der Waals surface area contributed by atoms with Crippen LogP contribution < -0.4 is 5.32 Å². The molecule has 0 aliphatic heterocycles. The van der Waals surface area contributed by atoms with Gasteiger partial charge in [-0.15, -0.1) is 0 Å².